The fourth-order valence-electron chi connectivity index (χ4n) is 3.08. The predicted molar refractivity (Wildman–Crippen MR) is 92.8 cm³/mol. The van der Waals surface area contributed by atoms with Crippen molar-refractivity contribution in [3.05, 3.63) is 41.4 Å². The van der Waals surface area contributed by atoms with E-state index in [1.807, 2.05) is 25.3 Å². The van der Waals surface area contributed by atoms with Crippen LogP contribution < -0.4 is 0 Å². The van der Waals surface area contributed by atoms with Crippen LogP contribution in [-0.4, -0.2) is 52.5 Å². The van der Waals surface area contributed by atoms with Crippen molar-refractivity contribution < 1.29 is 13.9 Å². The SMILES string of the molecule is Cc1ccc(CN2CCn3c(COCC(=O)N(C)C)cnc3[C@@H]2C)o1. The van der Waals surface area contributed by atoms with E-state index < -0.39 is 0 Å². The van der Waals surface area contributed by atoms with Gasteiger partial charge in [-0.05, 0) is 26.0 Å². The van der Waals surface area contributed by atoms with E-state index in [0.717, 1.165) is 42.7 Å². The van der Waals surface area contributed by atoms with E-state index in [0.29, 0.717) is 6.61 Å². The number of furan rings is 1. The third kappa shape index (κ3) is 3.93. The number of aryl methyl sites for hydroxylation is 1. The van der Waals surface area contributed by atoms with Crippen molar-refractivity contribution in [1.82, 2.24) is 19.4 Å². The van der Waals surface area contributed by atoms with Crippen LogP contribution in [0, 0.1) is 6.92 Å². The van der Waals surface area contributed by atoms with Crippen molar-refractivity contribution in [2.75, 3.05) is 27.2 Å². The molecule has 0 aliphatic carbocycles. The number of rotatable bonds is 6. The van der Waals surface area contributed by atoms with Crippen molar-refractivity contribution >= 4 is 5.91 Å². The second-order valence-corrected chi connectivity index (χ2v) is 6.70. The Bertz CT molecular complexity index is 735. The fourth-order valence-corrected chi connectivity index (χ4v) is 3.08. The van der Waals surface area contributed by atoms with Gasteiger partial charge in [0.25, 0.3) is 0 Å². The molecule has 0 saturated carbocycles. The molecule has 0 unspecified atom stereocenters. The molecule has 3 heterocycles. The minimum Gasteiger partial charge on any atom is -0.465 e. The number of ether oxygens (including phenoxy) is 1. The van der Waals surface area contributed by atoms with Gasteiger partial charge in [-0.15, -0.1) is 0 Å². The summed E-state index contributed by atoms with van der Waals surface area (Å²) in [7, 11) is 3.45. The number of aromatic nitrogens is 2. The number of carbonyl (C=O) groups is 1. The van der Waals surface area contributed by atoms with Gasteiger partial charge in [-0.3, -0.25) is 9.69 Å². The predicted octanol–water partition coefficient (Wildman–Crippen LogP) is 1.97. The summed E-state index contributed by atoms with van der Waals surface area (Å²) in [5.41, 5.74) is 1.02. The number of imidazole rings is 1. The van der Waals surface area contributed by atoms with Gasteiger partial charge in [0.1, 0.15) is 24.0 Å². The molecule has 136 valence electrons. The van der Waals surface area contributed by atoms with Gasteiger partial charge in [0, 0.05) is 27.2 Å². The maximum atomic E-state index is 11.6. The van der Waals surface area contributed by atoms with Gasteiger partial charge in [-0.1, -0.05) is 0 Å². The second-order valence-electron chi connectivity index (χ2n) is 6.70. The average molecular weight is 346 g/mol. The summed E-state index contributed by atoms with van der Waals surface area (Å²) in [6.07, 6.45) is 1.85. The first kappa shape index (κ1) is 17.7. The summed E-state index contributed by atoms with van der Waals surface area (Å²) >= 11 is 0. The topological polar surface area (TPSA) is 63.7 Å². The van der Waals surface area contributed by atoms with Crippen LogP contribution in [0.4, 0.5) is 0 Å². The van der Waals surface area contributed by atoms with Gasteiger partial charge in [0.2, 0.25) is 5.91 Å². The Hall–Kier alpha value is -2.12. The van der Waals surface area contributed by atoms with Crippen molar-refractivity contribution in [1.29, 1.82) is 0 Å². The summed E-state index contributed by atoms with van der Waals surface area (Å²) < 4.78 is 13.4. The molecular formula is C18H26N4O3. The van der Waals surface area contributed by atoms with Crippen LogP contribution >= 0.6 is 0 Å². The molecule has 0 bridgehead atoms. The maximum Gasteiger partial charge on any atom is 0.248 e. The monoisotopic (exact) mass is 346 g/mol. The molecule has 0 radical (unpaired) electrons. The summed E-state index contributed by atoms with van der Waals surface area (Å²) in [4.78, 5) is 20.1. The molecule has 7 heteroatoms. The number of hydrogen-bond donors (Lipinski definition) is 0. The van der Waals surface area contributed by atoms with E-state index in [4.69, 9.17) is 9.15 Å². The quantitative estimate of drug-likeness (QED) is 0.800. The normalized spacial score (nSPS) is 17.5. The van der Waals surface area contributed by atoms with Gasteiger partial charge >= 0.3 is 0 Å². The van der Waals surface area contributed by atoms with Crippen LogP contribution in [-0.2, 0) is 29.2 Å². The van der Waals surface area contributed by atoms with Crippen LogP contribution in [0.2, 0.25) is 0 Å². The number of fused-ring (bicyclic) bond motifs is 1. The minimum atomic E-state index is -0.0355. The number of carbonyl (C=O) groups excluding carboxylic acids is 1. The lowest BCUT2D eigenvalue weighted by atomic mass is 10.2. The number of hydrogen-bond acceptors (Lipinski definition) is 5. The lowest BCUT2D eigenvalue weighted by Gasteiger charge is -2.33. The summed E-state index contributed by atoms with van der Waals surface area (Å²) in [5, 5.41) is 0. The molecule has 1 atom stereocenters. The molecule has 0 N–H and O–H groups in total. The zero-order chi connectivity index (χ0) is 18.0. The Kier molecular flexibility index (Phi) is 5.24. The van der Waals surface area contributed by atoms with Crippen LogP contribution in [0.3, 0.4) is 0 Å². The van der Waals surface area contributed by atoms with Crippen molar-refractivity contribution in [3.63, 3.8) is 0 Å². The van der Waals surface area contributed by atoms with Gasteiger partial charge in [0.15, 0.2) is 0 Å². The second kappa shape index (κ2) is 7.41. The Labute approximate surface area is 148 Å². The van der Waals surface area contributed by atoms with Crippen LogP contribution in [0.5, 0.6) is 0 Å². The Morgan fingerprint density at radius 3 is 2.88 bits per heavy atom. The first-order valence-electron chi connectivity index (χ1n) is 8.57. The average Bonchev–Trinajstić information content (AvgIpc) is 3.17. The zero-order valence-corrected chi connectivity index (χ0v) is 15.4. The largest absolute Gasteiger partial charge is 0.465 e. The van der Waals surface area contributed by atoms with Crippen molar-refractivity contribution in [2.45, 2.75) is 39.6 Å². The third-order valence-electron chi connectivity index (χ3n) is 4.63. The number of likely N-dealkylation sites (N-methyl/N-ethyl adjacent to an activating group) is 1. The summed E-state index contributed by atoms with van der Waals surface area (Å²) in [6.45, 7) is 7.18. The van der Waals surface area contributed by atoms with E-state index in [1.165, 1.54) is 4.90 Å². The lowest BCUT2D eigenvalue weighted by molar-refractivity contribution is -0.134. The Balaban J connectivity index is 1.62. The Morgan fingerprint density at radius 2 is 2.20 bits per heavy atom. The Morgan fingerprint density at radius 1 is 1.40 bits per heavy atom. The first-order chi connectivity index (χ1) is 12.0. The summed E-state index contributed by atoms with van der Waals surface area (Å²) in [6, 6.07) is 4.23. The van der Waals surface area contributed by atoms with Crippen molar-refractivity contribution in [2.24, 2.45) is 0 Å². The zero-order valence-electron chi connectivity index (χ0n) is 15.4. The number of nitrogens with zero attached hydrogens (tertiary/aromatic N) is 4. The molecule has 0 saturated heterocycles. The van der Waals surface area contributed by atoms with E-state index in [9.17, 15) is 4.79 Å². The van der Waals surface area contributed by atoms with Crippen LogP contribution in [0.1, 0.15) is 36.0 Å². The van der Waals surface area contributed by atoms with E-state index in [1.54, 1.807) is 14.1 Å². The molecule has 0 aromatic carbocycles. The van der Waals surface area contributed by atoms with E-state index >= 15 is 0 Å². The van der Waals surface area contributed by atoms with Crippen molar-refractivity contribution in [3.8, 4) is 0 Å². The highest BCUT2D eigenvalue weighted by Gasteiger charge is 2.27. The van der Waals surface area contributed by atoms with Gasteiger partial charge < -0.3 is 18.6 Å². The van der Waals surface area contributed by atoms with Gasteiger partial charge in [0.05, 0.1) is 31.1 Å². The van der Waals surface area contributed by atoms with E-state index in [2.05, 4.69) is 21.4 Å². The fraction of sp³-hybridized carbons (Fsp3) is 0.556. The molecule has 0 fully saturated rings. The summed E-state index contributed by atoms with van der Waals surface area (Å²) in [5.74, 6) is 2.92. The molecule has 1 amide bonds. The maximum absolute atomic E-state index is 11.6. The van der Waals surface area contributed by atoms with E-state index in [-0.39, 0.29) is 18.6 Å². The van der Waals surface area contributed by atoms with Crippen LogP contribution in [0.15, 0.2) is 22.7 Å². The standard InChI is InChI=1S/C18H26N4O3/c1-13-5-6-16(25-13)10-21-7-8-22-15(9-19-18(22)14(21)2)11-24-12-17(23)20(3)4/h5-6,9,14H,7-8,10-12H2,1-4H3/t14-/m0/s1. The molecule has 2 aromatic rings. The lowest BCUT2D eigenvalue weighted by Crippen LogP contribution is -2.37. The molecule has 1 aliphatic heterocycles. The third-order valence-corrected chi connectivity index (χ3v) is 4.63. The molecular weight excluding hydrogens is 320 g/mol. The highest BCUT2D eigenvalue weighted by Crippen LogP contribution is 2.27. The molecule has 1 aliphatic rings. The number of amides is 1. The van der Waals surface area contributed by atoms with Gasteiger partial charge in [-0.2, -0.15) is 0 Å². The molecule has 2 aromatic heterocycles. The van der Waals surface area contributed by atoms with Gasteiger partial charge in [-0.25, -0.2) is 4.98 Å². The molecule has 25 heavy (non-hydrogen) atoms. The minimum absolute atomic E-state index is 0.0355. The molecule has 7 nitrogen and oxygen atoms in total. The highest BCUT2D eigenvalue weighted by atomic mass is 16.5. The highest BCUT2D eigenvalue weighted by molar-refractivity contribution is 5.76. The smallest absolute Gasteiger partial charge is 0.248 e. The van der Waals surface area contributed by atoms with Crippen LogP contribution in [0.25, 0.3) is 0 Å². The molecule has 0 spiro atoms. The molecule has 3 rings (SSSR count). The first-order valence-corrected chi connectivity index (χ1v) is 8.57.